The predicted octanol–water partition coefficient (Wildman–Crippen LogP) is 1.42. The Morgan fingerprint density at radius 1 is 1.41 bits per heavy atom. The molecule has 17 heavy (non-hydrogen) atoms. The van der Waals surface area contributed by atoms with Gasteiger partial charge in [0.05, 0.1) is 12.6 Å². The van der Waals surface area contributed by atoms with Crippen LogP contribution in [-0.2, 0) is 0 Å². The normalized spacial score (nSPS) is 19.2. The fourth-order valence-corrected chi connectivity index (χ4v) is 2.35. The molecule has 2 rings (SSSR count). The van der Waals surface area contributed by atoms with Crippen molar-refractivity contribution in [3.05, 3.63) is 34.6 Å². The van der Waals surface area contributed by atoms with Crippen molar-refractivity contribution in [3.63, 3.8) is 0 Å². The van der Waals surface area contributed by atoms with E-state index in [2.05, 4.69) is 10.2 Å². The van der Waals surface area contributed by atoms with Crippen LogP contribution in [0.25, 0.3) is 0 Å². The van der Waals surface area contributed by atoms with Crippen LogP contribution in [0.15, 0.2) is 18.2 Å². The smallest absolute Gasteiger partial charge is 0.128 e. The second-order valence-electron chi connectivity index (χ2n) is 4.15. The number of aliphatic hydroxyl groups is 1. The summed E-state index contributed by atoms with van der Waals surface area (Å²) in [5, 5.41) is 13.2. The van der Waals surface area contributed by atoms with Gasteiger partial charge in [-0.15, -0.1) is 0 Å². The van der Waals surface area contributed by atoms with Crippen molar-refractivity contribution in [1.29, 1.82) is 0 Å². The van der Waals surface area contributed by atoms with Gasteiger partial charge in [-0.3, -0.25) is 4.90 Å². The summed E-state index contributed by atoms with van der Waals surface area (Å²) in [5.74, 6) is -0.313. The Labute approximate surface area is 105 Å². The summed E-state index contributed by atoms with van der Waals surface area (Å²) < 4.78 is 13.7. The van der Waals surface area contributed by atoms with Gasteiger partial charge in [-0.2, -0.15) is 0 Å². The van der Waals surface area contributed by atoms with Crippen LogP contribution in [0.1, 0.15) is 11.6 Å². The molecule has 0 unspecified atom stereocenters. The van der Waals surface area contributed by atoms with Gasteiger partial charge in [0, 0.05) is 36.8 Å². The molecule has 0 spiro atoms. The highest BCUT2D eigenvalue weighted by atomic mass is 35.5. The zero-order valence-electron chi connectivity index (χ0n) is 9.50. The highest BCUT2D eigenvalue weighted by Crippen LogP contribution is 2.26. The molecule has 5 heteroatoms. The van der Waals surface area contributed by atoms with E-state index in [1.807, 2.05) is 0 Å². The van der Waals surface area contributed by atoms with Crippen LogP contribution in [0, 0.1) is 5.82 Å². The van der Waals surface area contributed by atoms with Crippen molar-refractivity contribution in [1.82, 2.24) is 10.2 Å². The molecule has 1 fully saturated rings. The average molecular weight is 259 g/mol. The number of hydrogen-bond acceptors (Lipinski definition) is 3. The standard InChI is InChI=1S/C12H16ClFN2O/c13-9-1-2-11(14)10(7-9)12(8-17)16-5-3-15-4-6-16/h1-2,7,12,15,17H,3-6,8H2/t12-/m0/s1. The number of halogens is 2. The molecule has 0 radical (unpaired) electrons. The highest BCUT2D eigenvalue weighted by Gasteiger charge is 2.24. The number of aliphatic hydroxyl groups excluding tert-OH is 1. The first-order valence-electron chi connectivity index (χ1n) is 5.73. The van der Waals surface area contributed by atoms with Crippen LogP contribution in [0.4, 0.5) is 4.39 Å². The molecule has 1 aliphatic rings. The van der Waals surface area contributed by atoms with Gasteiger partial charge in [0.1, 0.15) is 5.82 Å². The second kappa shape index (κ2) is 5.78. The van der Waals surface area contributed by atoms with E-state index >= 15 is 0 Å². The lowest BCUT2D eigenvalue weighted by Gasteiger charge is -2.34. The lowest BCUT2D eigenvalue weighted by atomic mass is 10.0. The molecule has 1 atom stereocenters. The molecule has 1 saturated heterocycles. The molecule has 3 nitrogen and oxygen atoms in total. The molecule has 2 N–H and O–H groups in total. The minimum absolute atomic E-state index is 0.0999. The highest BCUT2D eigenvalue weighted by molar-refractivity contribution is 6.30. The van der Waals surface area contributed by atoms with Crippen LogP contribution >= 0.6 is 11.6 Å². The Balaban J connectivity index is 2.24. The van der Waals surface area contributed by atoms with Crippen molar-refractivity contribution in [2.24, 2.45) is 0 Å². The summed E-state index contributed by atoms with van der Waals surface area (Å²) in [5.41, 5.74) is 0.474. The van der Waals surface area contributed by atoms with Gasteiger partial charge in [0.2, 0.25) is 0 Å². The predicted molar refractivity (Wildman–Crippen MR) is 65.7 cm³/mol. The van der Waals surface area contributed by atoms with Crippen LogP contribution in [0.3, 0.4) is 0 Å². The maximum Gasteiger partial charge on any atom is 0.128 e. The second-order valence-corrected chi connectivity index (χ2v) is 4.59. The quantitative estimate of drug-likeness (QED) is 0.861. The number of rotatable bonds is 3. The molecule has 0 aliphatic carbocycles. The Bertz CT molecular complexity index is 383. The monoisotopic (exact) mass is 258 g/mol. The number of nitrogens with one attached hydrogen (secondary N) is 1. The van der Waals surface area contributed by atoms with Crippen LogP contribution in [0.2, 0.25) is 5.02 Å². The van der Waals surface area contributed by atoms with Gasteiger partial charge in [0.25, 0.3) is 0 Å². The van der Waals surface area contributed by atoms with E-state index < -0.39 is 0 Å². The number of nitrogens with zero attached hydrogens (tertiary/aromatic N) is 1. The molecule has 0 aromatic heterocycles. The summed E-state index contributed by atoms with van der Waals surface area (Å²) >= 11 is 5.88. The third-order valence-electron chi connectivity index (χ3n) is 3.08. The van der Waals surface area contributed by atoms with E-state index in [4.69, 9.17) is 11.6 Å². The van der Waals surface area contributed by atoms with Crippen molar-refractivity contribution >= 4 is 11.6 Å². The Hall–Kier alpha value is -0.680. The fraction of sp³-hybridized carbons (Fsp3) is 0.500. The molecule has 1 heterocycles. The zero-order chi connectivity index (χ0) is 12.3. The number of benzene rings is 1. The fourth-order valence-electron chi connectivity index (χ4n) is 2.17. The van der Waals surface area contributed by atoms with E-state index in [-0.39, 0.29) is 18.5 Å². The Morgan fingerprint density at radius 2 is 2.12 bits per heavy atom. The Morgan fingerprint density at radius 3 is 2.76 bits per heavy atom. The van der Waals surface area contributed by atoms with Gasteiger partial charge >= 0.3 is 0 Å². The maximum atomic E-state index is 13.7. The van der Waals surface area contributed by atoms with Gasteiger partial charge in [-0.25, -0.2) is 4.39 Å². The van der Waals surface area contributed by atoms with E-state index in [0.29, 0.717) is 10.6 Å². The maximum absolute atomic E-state index is 13.7. The summed E-state index contributed by atoms with van der Waals surface area (Å²) in [7, 11) is 0. The van der Waals surface area contributed by atoms with E-state index in [0.717, 1.165) is 26.2 Å². The van der Waals surface area contributed by atoms with E-state index in [1.165, 1.54) is 12.1 Å². The lowest BCUT2D eigenvalue weighted by molar-refractivity contribution is 0.108. The summed E-state index contributed by atoms with van der Waals surface area (Å²) in [6.07, 6.45) is 0. The number of piperazine rings is 1. The minimum Gasteiger partial charge on any atom is -0.394 e. The largest absolute Gasteiger partial charge is 0.394 e. The molecule has 0 amide bonds. The topological polar surface area (TPSA) is 35.5 Å². The summed E-state index contributed by atoms with van der Waals surface area (Å²) in [6.45, 7) is 3.23. The molecule has 0 bridgehead atoms. The lowest BCUT2D eigenvalue weighted by Crippen LogP contribution is -2.46. The van der Waals surface area contributed by atoms with Crippen molar-refractivity contribution in [2.75, 3.05) is 32.8 Å². The van der Waals surface area contributed by atoms with Crippen LogP contribution in [0.5, 0.6) is 0 Å². The van der Waals surface area contributed by atoms with Crippen molar-refractivity contribution in [3.8, 4) is 0 Å². The van der Waals surface area contributed by atoms with E-state index in [1.54, 1.807) is 6.07 Å². The first-order valence-corrected chi connectivity index (χ1v) is 6.10. The van der Waals surface area contributed by atoms with Crippen molar-refractivity contribution < 1.29 is 9.50 Å². The molecule has 1 aliphatic heterocycles. The zero-order valence-corrected chi connectivity index (χ0v) is 10.3. The molecular weight excluding hydrogens is 243 g/mol. The minimum atomic E-state index is -0.313. The first-order chi connectivity index (χ1) is 8.22. The third kappa shape index (κ3) is 2.96. The summed E-state index contributed by atoms with van der Waals surface area (Å²) in [4.78, 5) is 2.07. The number of hydrogen-bond donors (Lipinski definition) is 2. The Kier molecular flexibility index (Phi) is 4.34. The molecule has 0 saturated carbocycles. The van der Waals surface area contributed by atoms with Gasteiger partial charge in [-0.1, -0.05) is 11.6 Å². The first kappa shape index (κ1) is 12.8. The van der Waals surface area contributed by atoms with Gasteiger partial charge < -0.3 is 10.4 Å². The molecule has 1 aromatic carbocycles. The van der Waals surface area contributed by atoms with Crippen molar-refractivity contribution in [2.45, 2.75) is 6.04 Å². The molecule has 1 aromatic rings. The summed E-state index contributed by atoms with van der Waals surface area (Å²) in [6, 6.07) is 4.16. The van der Waals surface area contributed by atoms with E-state index in [9.17, 15) is 9.50 Å². The van der Waals surface area contributed by atoms with Gasteiger partial charge in [0.15, 0.2) is 0 Å². The van der Waals surface area contributed by atoms with Gasteiger partial charge in [-0.05, 0) is 18.2 Å². The molecular formula is C12H16ClFN2O. The van der Waals surface area contributed by atoms with Crippen LogP contribution < -0.4 is 5.32 Å². The SMILES string of the molecule is OC[C@@H](c1cc(Cl)ccc1F)N1CCNCC1. The van der Waals surface area contributed by atoms with Crippen LogP contribution in [-0.4, -0.2) is 42.8 Å². The average Bonchev–Trinajstić information content (AvgIpc) is 2.36. The third-order valence-corrected chi connectivity index (χ3v) is 3.32. The molecule has 94 valence electrons.